The second-order valence-electron chi connectivity index (χ2n) is 5.43. The Labute approximate surface area is 138 Å². The molecule has 1 aliphatic rings. The van der Waals surface area contributed by atoms with Gasteiger partial charge in [-0.1, -0.05) is 11.2 Å². The molecule has 1 saturated carbocycles. The number of nitrogens with zero attached hydrogens (tertiary/aromatic N) is 3. The summed E-state index contributed by atoms with van der Waals surface area (Å²) in [6.45, 7) is 3.79. The first-order valence-corrected chi connectivity index (χ1v) is 8.72. The molecule has 8 nitrogen and oxygen atoms in total. The van der Waals surface area contributed by atoms with Crippen LogP contribution in [0.1, 0.15) is 12.8 Å². The number of rotatable bonds is 7. The second-order valence-corrected chi connectivity index (χ2v) is 7.25. The third-order valence-corrected chi connectivity index (χ3v) is 5.45. The predicted octanol–water partition coefficient (Wildman–Crippen LogP) is 2.59. The monoisotopic (exact) mass is 349 g/mol. The van der Waals surface area contributed by atoms with Crippen molar-refractivity contribution in [3.8, 4) is 11.3 Å². The summed E-state index contributed by atoms with van der Waals surface area (Å²) in [5.41, 5.74) is 0.784. The Bertz CT molecular complexity index is 869. The average Bonchev–Trinajstić information content (AvgIpc) is 3.26. The summed E-state index contributed by atoms with van der Waals surface area (Å²) in [7, 11) is -3.78. The maximum Gasteiger partial charge on any atom is 0.279 e. The van der Waals surface area contributed by atoms with Crippen molar-refractivity contribution in [3.05, 3.63) is 53.1 Å². The van der Waals surface area contributed by atoms with Gasteiger partial charge in [0.2, 0.25) is 0 Å². The van der Waals surface area contributed by atoms with Crippen LogP contribution >= 0.6 is 0 Å². The lowest BCUT2D eigenvalue weighted by Gasteiger charge is -2.17. The first-order chi connectivity index (χ1) is 11.4. The van der Waals surface area contributed by atoms with E-state index >= 15 is 0 Å². The number of nitro benzene ring substituents is 1. The fourth-order valence-corrected chi connectivity index (χ4v) is 3.85. The van der Waals surface area contributed by atoms with Crippen molar-refractivity contribution in [2.24, 2.45) is 0 Å². The standard InChI is InChI=1S/C15H15N3O5S/c1-2-9-17(12-7-8-12)24(21,22)15-10-14(16-23-15)11-3-5-13(6-4-11)18(19)20/h2-6,10,12H,1,7-9H2. The summed E-state index contributed by atoms with van der Waals surface area (Å²) in [5.74, 6) is 0. The van der Waals surface area contributed by atoms with E-state index in [1.165, 1.54) is 40.7 Å². The zero-order valence-corrected chi connectivity index (χ0v) is 13.5. The van der Waals surface area contributed by atoms with Crippen LogP contribution in [0.3, 0.4) is 0 Å². The Hall–Kier alpha value is -2.52. The summed E-state index contributed by atoms with van der Waals surface area (Å²) >= 11 is 0. The van der Waals surface area contributed by atoms with Gasteiger partial charge in [-0.2, -0.15) is 4.31 Å². The molecule has 0 amide bonds. The van der Waals surface area contributed by atoms with Crippen LogP contribution in [-0.4, -0.2) is 35.4 Å². The molecule has 0 radical (unpaired) electrons. The molecule has 1 aromatic carbocycles. The van der Waals surface area contributed by atoms with Gasteiger partial charge in [0.15, 0.2) is 0 Å². The lowest BCUT2D eigenvalue weighted by Crippen LogP contribution is -2.33. The normalized spacial score (nSPS) is 14.7. The van der Waals surface area contributed by atoms with Crippen LogP contribution < -0.4 is 0 Å². The Morgan fingerprint density at radius 1 is 1.38 bits per heavy atom. The molecule has 0 spiro atoms. The number of aromatic nitrogens is 1. The Balaban J connectivity index is 1.89. The summed E-state index contributed by atoms with van der Waals surface area (Å²) < 4.78 is 31.7. The van der Waals surface area contributed by atoms with Gasteiger partial charge in [-0.3, -0.25) is 10.1 Å². The molecular weight excluding hydrogens is 334 g/mol. The molecule has 0 N–H and O–H groups in total. The summed E-state index contributed by atoms with van der Waals surface area (Å²) in [6.07, 6.45) is 3.16. The molecule has 24 heavy (non-hydrogen) atoms. The van der Waals surface area contributed by atoms with Crippen LogP contribution in [-0.2, 0) is 10.0 Å². The van der Waals surface area contributed by atoms with E-state index < -0.39 is 14.9 Å². The van der Waals surface area contributed by atoms with Crippen LogP contribution in [0.5, 0.6) is 0 Å². The first-order valence-electron chi connectivity index (χ1n) is 7.28. The quantitative estimate of drug-likeness (QED) is 0.432. The fourth-order valence-electron chi connectivity index (χ4n) is 2.32. The van der Waals surface area contributed by atoms with Gasteiger partial charge in [0.25, 0.3) is 20.8 Å². The average molecular weight is 349 g/mol. The highest BCUT2D eigenvalue weighted by atomic mass is 32.2. The van der Waals surface area contributed by atoms with Crippen molar-refractivity contribution in [1.29, 1.82) is 0 Å². The summed E-state index contributed by atoms with van der Waals surface area (Å²) in [4.78, 5) is 10.2. The Kier molecular flexibility index (Phi) is 4.20. The van der Waals surface area contributed by atoms with E-state index in [0.717, 1.165) is 12.8 Å². The number of hydrogen-bond acceptors (Lipinski definition) is 6. The Morgan fingerprint density at radius 3 is 2.58 bits per heavy atom. The van der Waals surface area contributed by atoms with Gasteiger partial charge < -0.3 is 4.52 Å². The number of non-ortho nitro benzene ring substituents is 1. The van der Waals surface area contributed by atoms with Crippen LogP contribution in [0.4, 0.5) is 5.69 Å². The van der Waals surface area contributed by atoms with Crippen molar-refractivity contribution >= 4 is 15.7 Å². The van der Waals surface area contributed by atoms with Crippen molar-refractivity contribution in [3.63, 3.8) is 0 Å². The zero-order chi connectivity index (χ0) is 17.3. The topological polar surface area (TPSA) is 107 Å². The third-order valence-electron chi connectivity index (χ3n) is 3.69. The van der Waals surface area contributed by atoms with Gasteiger partial charge in [0.1, 0.15) is 5.69 Å². The van der Waals surface area contributed by atoms with Crippen molar-refractivity contribution in [2.75, 3.05) is 6.54 Å². The highest BCUT2D eigenvalue weighted by molar-refractivity contribution is 7.89. The lowest BCUT2D eigenvalue weighted by molar-refractivity contribution is -0.384. The maximum atomic E-state index is 12.6. The number of hydrogen-bond donors (Lipinski definition) is 0. The van der Waals surface area contributed by atoms with Gasteiger partial charge in [-0.15, -0.1) is 6.58 Å². The van der Waals surface area contributed by atoms with E-state index in [2.05, 4.69) is 11.7 Å². The molecule has 0 unspecified atom stereocenters. The van der Waals surface area contributed by atoms with Gasteiger partial charge in [0, 0.05) is 36.3 Å². The van der Waals surface area contributed by atoms with E-state index in [-0.39, 0.29) is 23.4 Å². The zero-order valence-electron chi connectivity index (χ0n) is 12.7. The minimum atomic E-state index is -3.78. The molecule has 2 aromatic rings. The maximum absolute atomic E-state index is 12.6. The van der Waals surface area contributed by atoms with Crippen molar-refractivity contribution in [1.82, 2.24) is 9.46 Å². The lowest BCUT2D eigenvalue weighted by atomic mass is 10.1. The Morgan fingerprint density at radius 2 is 2.04 bits per heavy atom. The molecule has 1 heterocycles. The molecule has 1 aromatic heterocycles. The smallest absolute Gasteiger partial charge is 0.279 e. The van der Waals surface area contributed by atoms with E-state index in [1.54, 1.807) is 0 Å². The van der Waals surface area contributed by atoms with E-state index in [9.17, 15) is 18.5 Å². The molecule has 0 bridgehead atoms. The summed E-state index contributed by atoms with van der Waals surface area (Å²) in [5, 5.41) is 14.2. The van der Waals surface area contributed by atoms with Gasteiger partial charge in [-0.05, 0) is 25.0 Å². The van der Waals surface area contributed by atoms with Gasteiger partial charge in [-0.25, -0.2) is 8.42 Å². The molecule has 0 atom stereocenters. The van der Waals surface area contributed by atoms with Crippen LogP contribution in [0.15, 0.2) is 52.6 Å². The number of sulfonamides is 1. The number of nitro groups is 1. The number of benzene rings is 1. The highest BCUT2D eigenvalue weighted by Crippen LogP contribution is 2.33. The highest BCUT2D eigenvalue weighted by Gasteiger charge is 2.39. The third kappa shape index (κ3) is 3.08. The molecular formula is C15H15N3O5S. The van der Waals surface area contributed by atoms with E-state index in [4.69, 9.17) is 4.52 Å². The molecule has 1 aliphatic carbocycles. The van der Waals surface area contributed by atoms with E-state index in [0.29, 0.717) is 11.3 Å². The van der Waals surface area contributed by atoms with Gasteiger partial charge >= 0.3 is 0 Å². The molecule has 0 aliphatic heterocycles. The van der Waals surface area contributed by atoms with Crippen LogP contribution in [0.25, 0.3) is 11.3 Å². The SMILES string of the molecule is C=CCN(C1CC1)S(=O)(=O)c1cc(-c2ccc([N+](=O)[O-])cc2)no1. The molecule has 0 saturated heterocycles. The van der Waals surface area contributed by atoms with Crippen molar-refractivity contribution in [2.45, 2.75) is 24.0 Å². The fraction of sp³-hybridized carbons (Fsp3) is 0.267. The van der Waals surface area contributed by atoms with Crippen molar-refractivity contribution < 1.29 is 17.9 Å². The molecule has 3 rings (SSSR count). The van der Waals surface area contributed by atoms with Crippen LogP contribution in [0.2, 0.25) is 0 Å². The van der Waals surface area contributed by atoms with Gasteiger partial charge in [0.05, 0.1) is 4.92 Å². The summed E-state index contributed by atoms with van der Waals surface area (Å²) in [6, 6.07) is 6.94. The minimum absolute atomic E-state index is 0.0269. The molecule has 9 heteroatoms. The minimum Gasteiger partial charge on any atom is -0.343 e. The molecule has 126 valence electrons. The predicted molar refractivity (Wildman–Crippen MR) is 85.7 cm³/mol. The molecule has 1 fully saturated rings. The van der Waals surface area contributed by atoms with Crippen LogP contribution in [0, 0.1) is 10.1 Å². The first kappa shape index (κ1) is 16.3. The second kappa shape index (κ2) is 6.17. The largest absolute Gasteiger partial charge is 0.343 e. The van der Waals surface area contributed by atoms with E-state index in [1.807, 2.05) is 0 Å².